The first-order valence-electron chi connectivity index (χ1n) is 10.1. The molecule has 0 radical (unpaired) electrons. The number of carbonyl (C=O) groups excluding carboxylic acids is 1. The fourth-order valence-corrected chi connectivity index (χ4v) is 4.36. The van der Waals surface area contributed by atoms with Gasteiger partial charge in [0.05, 0.1) is 17.3 Å². The number of carboxylic acid groups (broad SMARTS) is 1. The molecule has 29 heavy (non-hydrogen) atoms. The van der Waals surface area contributed by atoms with Gasteiger partial charge in [-0.1, -0.05) is 30.3 Å². The Hall–Kier alpha value is -3.09. The predicted molar refractivity (Wildman–Crippen MR) is 110 cm³/mol. The zero-order valence-corrected chi connectivity index (χ0v) is 16.4. The van der Waals surface area contributed by atoms with Crippen LogP contribution in [0.3, 0.4) is 0 Å². The number of carboxylic acids is 1. The molecule has 2 aliphatic rings. The van der Waals surface area contributed by atoms with E-state index in [0.717, 1.165) is 24.3 Å². The minimum absolute atomic E-state index is 0.0166. The molecule has 1 N–H and O–H groups in total. The molecule has 0 atom stereocenters. The summed E-state index contributed by atoms with van der Waals surface area (Å²) in [7, 11) is 0. The molecule has 0 spiro atoms. The predicted octanol–water partition coefficient (Wildman–Crippen LogP) is 2.44. The Bertz CT molecular complexity index is 843. The number of hydrogen-bond acceptors (Lipinski definition) is 4. The van der Waals surface area contributed by atoms with E-state index in [2.05, 4.69) is 9.88 Å². The first-order valence-corrected chi connectivity index (χ1v) is 10.1. The van der Waals surface area contributed by atoms with Gasteiger partial charge in [0.2, 0.25) is 0 Å². The number of piperidine rings is 1. The molecule has 152 valence electrons. The maximum atomic E-state index is 13.0. The van der Waals surface area contributed by atoms with Crippen molar-refractivity contribution in [1.82, 2.24) is 14.8 Å². The number of rotatable bonds is 3. The van der Waals surface area contributed by atoms with Crippen molar-refractivity contribution in [2.75, 3.05) is 44.2 Å². The van der Waals surface area contributed by atoms with Crippen LogP contribution in [0.5, 0.6) is 0 Å². The van der Waals surface area contributed by atoms with Gasteiger partial charge in [-0.05, 0) is 30.5 Å². The van der Waals surface area contributed by atoms with Gasteiger partial charge >= 0.3 is 12.0 Å². The van der Waals surface area contributed by atoms with E-state index >= 15 is 0 Å². The number of benzene rings is 1. The molecule has 0 unspecified atom stereocenters. The summed E-state index contributed by atoms with van der Waals surface area (Å²) in [5, 5.41) is 9.93. The van der Waals surface area contributed by atoms with Crippen molar-refractivity contribution in [3.63, 3.8) is 0 Å². The monoisotopic (exact) mass is 394 g/mol. The largest absolute Gasteiger partial charge is 0.481 e. The lowest BCUT2D eigenvalue weighted by atomic mass is 9.73. The minimum Gasteiger partial charge on any atom is -0.481 e. The number of likely N-dealkylation sites (tertiary alicyclic amines) is 1. The van der Waals surface area contributed by atoms with Crippen molar-refractivity contribution in [2.45, 2.75) is 18.3 Å². The van der Waals surface area contributed by atoms with E-state index in [-0.39, 0.29) is 6.03 Å². The van der Waals surface area contributed by atoms with Crippen LogP contribution >= 0.6 is 0 Å². The van der Waals surface area contributed by atoms with Gasteiger partial charge in [-0.3, -0.25) is 9.78 Å². The van der Waals surface area contributed by atoms with Crippen LogP contribution in [0.2, 0.25) is 0 Å². The third-order valence-corrected chi connectivity index (χ3v) is 6.18. The third-order valence-electron chi connectivity index (χ3n) is 6.18. The maximum Gasteiger partial charge on any atom is 0.320 e. The molecule has 7 heteroatoms. The van der Waals surface area contributed by atoms with Crippen LogP contribution in [-0.4, -0.2) is 71.2 Å². The lowest BCUT2D eigenvalue weighted by Gasteiger charge is -2.43. The Kier molecular flexibility index (Phi) is 5.38. The second kappa shape index (κ2) is 8.11. The number of urea groups is 1. The summed E-state index contributed by atoms with van der Waals surface area (Å²) in [5.41, 5.74) is 0.994. The van der Waals surface area contributed by atoms with E-state index in [1.54, 1.807) is 6.20 Å². The lowest BCUT2D eigenvalue weighted by molar-refractivity contribution is -0.145. The highest BCUT2D eigenvalue weighted by Gasteiger charge is 2.44. The summed E-state index contributed by atoms with van der Waals surface area (Å²) in [4.78, 5) is 35.2. The van der Waals surface area contributed by atoms with Crippen LogP contribution in [0, 0.1) is 0 Å². The van der Waals surface area contributed by atoms with Gasteiger partial charge in [0.25, 0.3) is 0 Å². The lowest BCUT2D eigenvalue weighted by Crippen LogP contribution is -2.56. The Balaban J connectivity index is 1.36. The van der Waals surface area contributed by atoms with Crippen LogP contribution in [0.25, 0.3) is 0 Å². The van der Waals surface area contributed by atoms with Crippen molar-refractivity contribution in [2.24, 2.45) is 0 Å². The smallest absolute Gasteiger partial charge is 0.320 e. The van der Waals surface area contributed by atoms with Gasteiger partial charge in [-0.25, -0.2) is 4.79 Å². The average molecular weight is 394 g/mol. The summed E-state index contributed by atoms with van der Waals surface area (Å²) >= 11 is 0. The van der Waals surface area contributed by atoms with E-state index in [4.69, 9.17) is 0 Å². The number of pyridine rings is 1. The Morgan fingerprint density at radius 2 is 1.52 bits per heavy atom. The summed E-state index contributed by atoms with van der Waals surface area (Å²) in [5.74, 6) is -0.805. The molecule has 0 saturated carbocycles. The number of nitrogens with zero attached hydrogens (tertiary/aromatic N) is 4. The summed E-state index contributed by atoms with van der Waals surface area (Å²) in [6.07, 6.45) is 4.48. The zero-order valence-electron chi connectivity index (χ0n) is 16.4. The number of hydrogen-bond donors (Lipinski definition) is 1. The van der Waals surface area contributed by atoms with Gasteiger partial charge < -0.3 is 19.8 Å². The summed E-state index contributed by atoms with van der Waals surface area (Å²) in [6.45, 7) is 3.79. The quantitative estimate of drug-likeness (QED) is 0.865. The summed E-state index contributed by atoms with van der Waals surface area (Å²) < 4.78 is 0. The van der Waals surface area contributed by atoms with Gasteiger partial charge in [0.1, 0.15) is 0 Å². The molecule has 1 aromatic heterocycles. The van der Waals surface area contributed by atoms with Crippen molar-refractivity contribution in [1.29, 1.82) is 0 Å². The van der Waals surface area contributed by atoms with Gasteiger partial charge in [0.15, 0.2) is 0 Å². The molecule has 0 bridgehead atoms. The fourth-order valence-electron chi connectivity index (χ4n) is 4.36. The van der Waals surface area contributed by atoms with Crippen LogP contribution in [0.15, 0.2) is 54.9 Å². The first kappa shape index (κ1) is 19.2. The van der Waals surface area contributed by atoms with Crippen LogP contribution in [0.4, 0.5) is 10.5 Å². The van der Waals surface area contributed by atoms with Crippen molar-refractivity contribution in [3.05, 3.63) is 60.4 Å². The van der Waals surface area contributed by atoms with E-state index in [1.165, 1.54) is 0 Å². The van der Waals surface area contributed by atoms with Crippen molar-refractivity contribution >= 4 is 17.7 Å². The molecule has 3 heterocycles. The normalized spacial score (nSPS) is 19.1. The average Bonchev–Trinajstić information content (AvgIpc) is 2.80. The molecule has 7 nitrogen and oxygen atoms in total. The molecule has 4 rings (SSSR count). The van der Waals surface area contributed by atoms with E-state index in [9.17, 15) is 14.7 Å². The number of anilines is 1. The highest BCUT2D eigenvalue weighted by atomic mass is 16.4. The zero-order chi connectivity index (χ0) is 20.3. The van der Waals surface area contributed by atoms with Crippen LogP contribution < -0.4 is 4.90 Å². The van der Waals surface area contributed by atoms with Gasteiger partial charge in [-0.2, -0.15) is 0 Å². The second-order valence-electron chi connectivity index (χ2n) is 7.71. The third kappa shape index (κ3) is 3.77. The molecule has 2 saturated heterocycles. The Morgan fingerprint density at radius 3 is 2.10 bits per heavy atom. The maximum absolute atomic E-state index is 13.0. The second-order valence-corrected chi connectivity index (χ2v) is 7.71. The first-order chi connectivity index (χ1) is 14.1. The molecular formula is C22H26N4O3. The minimum atomic E-state index is -0.906. The molecule has 2 aromatic rings. The molecule has 1 aromatic carbocycles. The van der Waals surface area contributed by atoms with Crippen molar-refractivity contribution in [3.8, 4) is 0 Å². The molecule has 2 fully saturated rings. The number of amides is 2. The van der Waals surface area contributed by atoms with Gasteiger partial charge in [-0.15, -0.1) is 0 Å². The number of piperazine rings is 1. The fraction of sp³-hybridized carbons (Fsp3) is 0.409. The highest BCUT2D eigenvalue weighted by molar-refractivity contribution is 5.82. The molecule has 2 amide bonds. The van der Waals surface area contributed by atoms with Crippen LogP contribution in [0.1, 0.15) is 18.4 Å². The Morgan fingerprint density at radius 1 is 0.862 bits per heavy atom. The van der Waals surface area contributed by atoms with Gasteiger partial charge in [0, 0.05) is 45.5 Å². The van der Waals surface area contributed by atoms with Crippen LogP contribution in [-0.2, 0) is 10.2 Å². The SMILES string of the molecule is O=C(N1CCN(c2cccnc2)CC1)N1CCC(C(=O)O)(c2ccccc2)CC1. The number of carbonyl (C=O) groups is 2. The number of aliphatic carboxylic acids is 1. The molecular weight excluding hydrogens is 368 g/mol. The van der Waals surface area contributed by atoms with E-state index < -0.39 is 11.4 Å². The Labute approximate surface area is 170 Å². The number of aromatic nitrogens is 1. The topological polar surface area (TPSA) is 77.0 Å². The van der Waals surface area contributed by atoms with Crippen molar-refractivity contribution < 1.29 is 14.7 Å². The van der Waals surface area contributed by atoms with E-state index in [0.29, 0.717) is 39.0 Å². The molecule has 0 aliphatic carbocycles. The standard InChI is InChI=1S/C22H26N4O3/c27-20(28)22(18-5-2-1-3-6-18)8-11-25(12-9-22)21(29)26-15-13-24(14-16-26)19-7-4-10-23-17-19/h1-7,10,17H,8-9,11-16H2,(H,27,28). The summed E-state index contributed by atoms with van der Waals surface area (Å²) in [6, 6.07) is 13.4. The molecule has 2 aliphatic heterocycles. The highest BCUT2D eigenvalue weighted by Crippen LogP contribution is 2.36. The van der Waals surface area contributed by atoms with E-state index in [1.807, 2.05) is 58.5 Å².